The van der Waals surface area contributed by atoms with Gasteiger partial charge in [-0.2, -0.15) is 8.42 Å². The number of nitrogens with two attached hydrogens (primary N) is 2. The average molecular weight is 294 g/mol. The largest absolute Gasteiger partial charge is 0.399 e. The smallest absolute Gasteiger partial charge is 0.274 e. The second-order valence-electron chi connectivity index (χ2n) is 5.12. The van der Waals surface area contributed by atoms with Crippen molar-refractivity contribution in [2.45, 2.75) is 24.6 Å². The first kappa shape index (κ1) is 14.8. The summed E-state index contributed by atoms with van der Waals surface area (Å²) in [4.78, 5) is 0. The van der Waals surface area contributed by atoms with Gasteiger partial charge in [-0.1, -0.05) is 36.4 Å². The highest BCUT2D eigenvalue weighted by Gasteiger charge is 2.47. The van der Waals surface area contributed by atoms with Crippen molar-refractivity contribution >= 4 is 10.1 Å². The van der Waals surface area contributed by atoms with E-state index in [4.69, 9.17) is 11.5 Å². The van der Waals surface area contributed by atoms with E-state index in [1.807, 2.05) is 6.07 Å². The molecule has 0 radical (unpaired) electrons. The number of hydrogen-bond acceptors (Lipinski definition) is 4. The summed E-state index contributed by atoms with van der Waals surface area (Å²) >= 11 is 0. The maximum Gasteiger partial charge on any atom is 0.274 e. The fourth-order valence-electron chi connectivity index (χ4n) is 2.75. The Labute approximate surface area is 118 Å². The van der Waals surface area contributed by atoms with Crippen molar-refractivity contribution in [2.75, 3.05) is 0 Å². The molecule has 108 valence electrons. The van der Waals surface area contributed by atoms with Gasteiger partial charge in [0, 0.05) is 5.70 Å². The van der Waals surface area contributed by atoms with Crippen molar-refractivity contribution in [1.29, 1.82) is 0 Å². The van der Waals surface area contributed by atoms with E-state index in [-0.39, 0.29) is 0 Å². The third-order valence-electron chi connectivity index (χ3n) is 3.70. The Bertz CT molecular complexity index is 692. The second-order valence-corrected chi connectivity index (χ2v) is 6.62. The lowest BCUT2D eigenvalue weighted by atomic mass is 9.78. The Hall–Kier alpha value is -1.63. The minimum Gasteiger partial charge on any atom is -0.399 e. The van der Waals surface area contributed by atoms with Crippen LogP contribution in [-0.2, 0) is 15.7 Å². The Kier molecular flexibility index (Phi) is 3.49. The molecule has 6 heteroatoms. The summed E-state index contributed by atoms with van der Waals surface area (Å²) < 4.78 is 33.2. The molecule has 0 amide bonds. The van der Waals surface area contributed by atoms with Crippen LogP contribution in [-0.4, -0.2) is 18.2 Å². The van der Waals surface area contributed by atoms with E-state index in [0.29, 0.717) is 22.4 Å². The van der Waals surface area contributed by atoms with Gasteiger partial charge in [-0.25, -0.2) is 0 Å². The first-order chi connectivity index (χ1) is 9.18. The van der Waals surface area contributed by atoms with Crippen LogP contribution in [0.5, 0.6) is 0 Å². The van der Waals surface area contributed by atoms with Gasteiger partial charge in [-0.3, -0.25) is 4.55 Å². The van der Waals surface area contributed by atoms with Crippen LogP contribution in [0.4, 0.5) is 0 Å². The summed E-state index contributed by atoms with van der Waals surface area (Å²) in [5, 5.41) is -1.29. The molecule has 2 rings (SSSR count). The molecule has 0 saturated carbocycles. The van der Waals surface area contributed by atoms with E-state index >= 15 is 0 Å². The number of rotatable bonds is 2. The highest BCUT2D eigenvalue weighted by atomic mass is 32.2. The van der Waals surface area contributed by atoms with Crippen LogP contribution in [0.3, 0.4) is 0 Å². The zero-order valence-corrected chi connectivity index (χ0v) is 12.2. The Morgan fingerprint density at radius 3 is 2.25 bits per heavy atom. The standard InChI is InChI=1S/C14H18N2O3S/c1-9-8-14(16,11-6-4-3-5-7-11)13(20(17,18)19)10(2)12(9)15/h3-8,13H,15-16H2,1-2H3,(H,17,18,19). The predicted molar refractivity (Wildman–Crippen MR) is 78.3 cm³/mol. The normalized spacial score (nSPS) is 27.4. The molecule has 0 aliphatic heterocycles. The maximum atomic E-state index is 11.8. The molecule has 1 aromatic rings. The molecule has 2 unspecified atom stereocenters. The molecule has 1 aliphatic rings. The van der Waals surface area contributed by atoms with Gasteiger partial charge in [0.15, 0.2) is 0 Å². The first-order valence-corrected chi connectivity index (χ1v) is 7.65. The van der Waals surface area contributed by atoms with Crippen LogP contribution in [0.1, 0.15) is 19.4 Å². The molecule has 20 heavy (non-hydrogen) atoms. The van der Waals surface area contributed by atoms with Gasteiger partial charge >= 0.3 is 0 Å². The van der Waals surface area contributed by atoms with Gasteiger partial charge in [0.1, 0.15) is 5.25 Å². The van der Waals surface area contributed by atoms with E-state index < -0.39 is 20.9 Å². The molecular weight excluding hydrogens is 276 g/mol. The number of benzene rings is 1. The molecule has 0 saturated heterocycles. The third kappa shape index (κ3) is 2.26. The van der Waals surface area contributed by atoms with Crippen molar-refractivity contribution in [3.63, 3.8) is 0 Å². The zero-order valence-electron chi connectivity index (χ0n) is 11.4. The van der Waals surface area contributed by atoms with Crippen LogP contribution in [0.2, 0.25) is 0 Å². The molecule has 0 aromatic heterocycles. The van der Waals surface area contributed by atoms with Gasteiger partial charge in [0.25, 0.3) is 10.1 Å². The molecule has 0 spiro atoms. The van der Waals surface area contributed by atoms with Crippen LogP contribution >= 0.6 is 0 Å². The molecule has 5 N–H and O–H groups in total. The van der Waals surface area contributed by atoms with Gasteiger partial charge in [0.2, 0.25) is 0 Å². The molecular formula is C14H18N2O3S. The fourth-order valence-corrected chi connectivity index (χ4v) is 4.02. The summed E-state index contributed by atoms with van der Waals surface area (Å²) in [5.41, 5.74) is 12.9. The van der Waals surface area contributed by atoms with E-state index in [2.05, 4.69) is 0 Å². The van der Waals surface area contributed by atoms with Gasteiger partial charge in [-0.05, 0) is 30.6 Å². The highest BCUT2D eigenvalue weighted by Crippen LogP contribution is 2.38. The molecule has 0 bridgehead atoms. The lowest BCUT2D eigenvalue weighted by molar-refractivity contribution is 0.435. The van der Waals surface area contributed by atoms with Crippen LogP contribution in [0.25, 0.3) is 0 Å². The Morgan fingerprint density at radius 2 is 1.75 bits per heavy atom. The topological polar surface area (TPSA) is 106 Å². The molecule has 1 aliphatic carbocycles. The Morgan fingerprint density at radius 1 is 1.20 bits per heavy atom. The van der Waals surface area contributed by atoms with Gasteiger partial charge in [0.05, 0.1) is 5.54 Å². The quantitative estimate of drug-likeness (QED) is 0.713. The predicted octanol–water partition coefficient (Wildman–Crippen LogP) is 1.29. The monoisotopic (exact) mass is 294 g/mol. The summed E-state index contributed by atoms with van der Waals surface area (Å²) in [6.45, 7) is 3.35. The van der Waals surface area contributed by atoms with E-state index in [0.717, 1.165) is 0 Å². The molecule has 1 aromatic carbocycles. The van der Waals surface area contributed by atoms with E-state index in [1.165, 1.54) is 0 Å². The third-order valence-corrected chi connectivity index (χ3v) is 5.04. The highest BCUT2D eigenvalue weighted by molar-refractivity contribution is 7.86. The van der Waals surface area contributed by atoms with Crippen molar-refractivity contribution in [1.82, 2.24) is 0 Å². The van der Waals surface area contributed by atoms with Gasteiger partial charge < -0.3 is 11.5 Å². The lowest BCUT2D eigenvalue weighted by Crippen LogP contribution is -2.53. The molecule has 0 heterocycles. The first-order valence-electron chi connectivity index (χ1n) is 6.14. The van der Waals surface area contributed by atoms with E-state index in [9.17, 15) is 13.0 Å². The number of hydrogen-bond donors (Lipinski definition) is 3. The zero-order chi connectivity index (χ0) is 15.1. The average Bonchev–Trinajstić information content (AvgIpc) is 2.35. The second kappa shape index (κ2) is 4.73. The minimum atomic E-state index is -4.39. The fraction of sp³-hybridized carbons (Fsp3) is 0.286. The molecule has 5 nitrogen and oxygen atoms in total. The van der Waals surface area contributed by atoms with E-state index in [1.54, 1.807) is 44.2 Å². The van der Waals surface area contributed by atoms with Crippen molar-refractivity contribution < 1.29 is 13.0 Å². The summed E-state index contributed by atoms with van der Waals surface area (Å²) in [6, 6.07) is 8.82. The Balaban J connectivity index is 2.74. The van der Waals surface area contributed by atoms with Crippen LogP contribution < -0.4 is 11.5 Å². The van der Waals surface area contributed by atoms with Crippen LogP contribution in [0.15, 0.2) is 53.3 Å². The van der Waals surface area contributed by atoms with Crippen molar-refractivity contribution in [3.8, 4) is 0 Å². The summed E-state index contributed by atoms with van der Waals surface area (Å²) in [7, 11) is -4.39. The minimum absolute atomic E-state index is 0.352. The molecule has 0 fully saturated rings. The summed E-state index contributed by atoms with van der Waals surface area (Å²) in [5.74, 6) is 0. The SMILES string of the molecule is CC1=CC(N)(c2ccccc2)C(S(=O)(=O)O)C(C)=C1N. The maximum absolute atomic E-state index is 11.8. The van der Waals surface area contributed by atoms with Gasteiger partial charge in [-0.15, -0.1) is 0 Å². The number of allylic oxidation sites excluding steroid dienone is 1. The van der Waals surface area contributed by atoms with Crippen LogP contribution in [0, 0.1) is 0 Å². The summed E-state index contributed by atoms with van der Waals surface area (Å²) in [6.07, 6.45) is 1.60. The van der Waals surface area contributed by atoms with Crippen molar-refractivity contribution in [2.24, 2.45) is 11.5 Å². The van der Waals surface area contributed by atoms with Crippen molar-refractivity contribution in [3.05, 3.63) is 58.8 Å². The lowest BCUT2D eigenvalue weighted by Gasteiger charge is -2.38. The molecule has 2 atom stereocenters.